The molecule has 1 atom stereocenters. The van der Waals surface area contributed by atoms with Crippen molar-refractivity contribution in [1.82, 2.24) is 5.32 Å². The predicted octanol–water partition coefficient (Wildman–Crippen LogP) is 3.05. The van der Waals surface area contributed by atoms with Crippen LogP contribution in [0.15, 0.2) is 12.1 Å². The number of rotatable bonds is 2. The van der Waals surface area contributed by atoms with Crippen molar-refractivity contribution < 1.29 is 4.79 Å². The fourth-order valence-corrected chi connectivity index (χ4v) is 1.60. The molecule has 0 aliphatic carbocycles. The number of anilines is 1. The van der Waals surface area contributed by atoms with Gasteiger partial charge >= 0.3 is 0 Å². The Balaban J connectivity index is 2.95. The largest absolute Gasteiger partial charge is 0.398 e. The van der Waals surface area contributed by atoms with Crippen molar-refractivity contribution in [3.63, 3.8) is 0 Å². The highest BCUT2D eigenvalue weighted by Crippen LogP contribution is 2.21. The summed E-state index contributed by atoms with van der Waals surface area (Å²) in [5.74, 6) is -0.0541. The molecule has 0 bridgehead atoms. The van der Waals surface area contributed by atoms with Gasteiger partial charge in [-0.3, -0.25) is 4.79 Å². The number of hydrogen-bond acceptors (Lipinski definition) is 2. The number of nitrogens with one attached hydrogen (secondary N) is 1. The van der Waals surface area contributed by atoms with Gasteiger partial charge in [-0.15, -0.1) is 0 Å². The molecule has 0 saturated carbocycles. The monoisotopic (exact) mass is 248 g/mol. The smallest absolute Gasteiger partial charge is 0.251 e. The number of hydrogen-bond donors (Lipinski definition) is 2. The minimum Gasteiger partial charge on any atom is -0.398 e. The highest BCUT2D eigenvalue weighted by atomic mass is 16.1. The van der Waals surface area contributed by atoms with Gasteiger partial charge in [-0.1, -0.05) is 26.8 Å². The average Bonchev–Trinajstić information content (AvgIpc) is 2.21. The van der Waals surface area contributed by atoms with Crippen LogP contribution in [0.5, 0.6) is 0 Å². The van der Waals surface area contributed by atoms with Crippen LogP contribution < -0.4 is 11.1 Å². The summed E-state index contributed by atoms with van der Waals surface area (Å²) in [6, 6.07) is 3.81. The van der Waals surface area contributed by atoms with Crippen LogP contribution in [0, 0.1) is 19.3 Å². The Morgan fingerprint density at radius 3 is 2.28 bits per heavy atom. The summed E-state index contributed by atoms with van der Waals surface area (Å²) < 4.78 is 0. The van der Waals surface area contributed by atoms with E-state index in [0.717, 1.165) is 11.1 Å². The van der Waals surface area contributed by atoms with Crippen LogP contribution in [0.2, 0.25) is 0 Å². The molecule has 100 valence electrons. The fraction of sp³-hybridized carbons (Fsp3) is 0.533. The number of benzene rings is 1. The molecule has 0 aliphatic rings. The molecule has 18 heavy (non-hydrogen) atoms. The summed E-state index contributed by atoms with van der Waals surface area (Å²) in [6.45, 7) is 12.2. The number of nitrogen functional groups attached to an aromatic ring is 1. The molecule has 3 N–H and O–H groups in total. The Hall–Kier alpha value is -1.51. The average molecular weight is 248 g/mol. The van der Waals surface area contributed by atoms with Gasteiger partial charge in [0.25, 0.3) is 5.91 Å². The summed E-state index contributed by atoms with van der Waals surface area (Å²) in [4.78, 5) is 12.2. The molecule has 1 rings (SSSR count). The zero-order valence-electron chi connectivity index (χ0n) is 12.2. The van der Waals surface area contributed by atoms with Gasteiger partial charge in [0.05, 0.1) is 0 Å². The molecule has 0 fully saturated rings. The third-order valence-electron chi connectivity index (χ3n) is 3.50. The van der Waals surface area contributed by atoms with Crippen molar-refractivity contribution in [2.24, 2.45) is 5.41 Å². The number of aryl methyl sites for hydroxylation is 2. The molecule has 0 saturated heterocycles. The molecule has 0 radical (unpaired) electrons. The maximum Gasteiger partial charge on any atom is 0.251 e. The van der Waals surface area contributed by atoms with Gasteiger partial charge in [-0.25, -0.2) is 0 Å². The van der Waals surface area contributed by atoms with Crippen molar-refractivity contribution in [3.05, 3.63) is 28.8 Å². The Bertz CT molecular complexity index is 458. The third kappa shape index (κ3) is 3.25. The normalized spacial score (nSPS) is 13.2. The molecule has 0 spiro atoms. The first-order chi connectivity index (χ1) is 8.12. The molecule has 1 unspecified atom stereocenters. The number of carbonyl (C=O) groups excluding carboxylic acids is 1. The summed E-state index contributed by atoms with van der Waals surface area (Å²) in [6.07, 6.45) is 0. The van der Waals surface area contributed by atoms with Gasteiger partial charge in [0.2, 0.25) is 0 Å². The minimum atomic E-state index is -0.0541. The van der Waals surface area contributed by atoms with Crippen molar-refractivity contribution >= 4 is 11.6 Å². The molecule has 3 heteroatoms. The molecule has 0 heterocycles. The molecule has 1 amide bonds. The summed E-state index contributed by atoms with van der Waals surface area (Å²) in [5.41, 5.74) is 9.19. The molecule has 3 nitrogen and oxygen atoms in total. The summed E-state index contributed by atoms with van der Waals surface area (Å²) >= 11 is 0. The lowest BCUT2D eigenvalue weighted by Crippen LogP contribution is -2.41. The standard InChI is InChI=1S/C15H24N2O/c1-9-7-10(2)13(16)8-12(9)14(18)17-11(3)15(4,5)6/h7-8,11H,16H2,1-6H3,(H,17,18). The first kappa shape index (κ1) is 14.6. The van der Waals surface area contributed by atoms with E-state index in [4.69, 9.17) is 5.73 Å². The Morgan fingerprint density at radius 2 is 1.78 bits per heavy atom. The van der Waals surface area contributed by atoms with Gasteiger partial charge in [-0.2, -0.15) is 0 Å². The highest BCUT2D eigenvalue weighted by molar-refractivity contribution is 5.96. The van der Waals surface area contributed by atoms with E-state index in [1.54, 1.807) is 6.07 Å². The van der Waals surface area contributed by atoms with E-state index in [1.165, 1.54) is 0 Å². The topological polar surface area (TPSA) is 55.1 Å². The first-order valence-electron chi connectivity index (χ1n) is 6.30. The molecule has 1 aromatic carbocycles. The van der Waals surface area contributed by atoms with Crippen molar-refractivity contribution in [2.75, 3.05) is 5.73 Å². The quantitative estimate of drug-likeness (QED) is 0.790. The number of nitrogens with two attached hydrogens (primary N) is 1. The Kier molecular flexibility index (Phi) is 4.05. The van der Waals surface area contributed by atoms with Crippen molar-refractivity contribution in [3.8, 4) is 0 Å². The second kappa shape index (κ2) is 5.01. The molecule has 0 aromatic heterocycles. The van der Waals surface area contributed by atoms with E-state index in [-0.39, 0.29) is 17.4 Å². The van der Waals surface area contributed by atoms with Gasteiger partial charge in [0.15, 0.2) is 0 Å². The van der Waals surface area contributed by atoms with E-state index in [0.29, 0.717) is 11.3 Å². The van der Waals surface area contributed by atoms with Crippen LogP contribution in [0.1, 0.15) is 49.2 Å². The summed E-state index contributed by atoms with van der Waals surface area (Å²) in [5, 5.41) is 3.03. The van der Waals surface area contributed by atoms with E-state index < -0.39 is 0 Å². The fourth-order valence-electron chi connectivity index (χ4n) is 1.60. The molecule has 0 aliphatic heterocycles. The van der Waals surface area contributed by atoms with Crippen LogP contribution in [-0.2, 0) is 0 Å². The summed E-state index contributed by atoms with van der Waals surface area (Å²) in [7, 11) is 0. The molecule has 1 aromatic rings. The lowest BCUT2D eigenvalue weighted by Gasteiger charge is -2.28. The van der Waals surface area contributed by atoms with E-state index in [1.807, 2.05) is 26.8 Å². The van der Waals surface area contributed by atoms with Crippen LogP contribution in [-0.4, -0.2) is 11.9 Å². The highest BCUT2D eigenvalue weighted by Gasteiger charge is 2.22. The van der Waals surface area contributed by atoms with Crippen LogP contribution >= 0.6 is 0 Å². The lowest BCUT2D eigenvalue weighted by atomic mass is 9.88. The maximum absolute atomic E-state index is 12.2. The maximum atomic E-state index is 12.2. The zero-order chi connectivity index (χ0) is 14.1. The SMILES string of the molecule is Cc1cc(C)c(C(=O)NC(C)C(C)(C)C)cc1N. The minimum absolute atomic E-state index is 0.0415. The predicted molar refractivity (Wildman–Crippen MR) is 76.7 cm³/mol. The zero-order valence-corrected chi connectivity index (χ0v) is 12.2. The first-order valence-corrected chi connectivity index (χ1v) is 6.30. The Morgan fingerprint density at radius 1 is 1.22 bits per heavy atom. The number of carbonyl (C=O) groups is 1. The van der Waals surface area contributed by atoms with Crippen molar-refractivity contribution in [2.45, 2.75) is 47.6 Å². The van der Waals surface area contributed by atoms with Gasteiger partial charge in [-0.05, 0) is 43.4 Å². The van der Waals surface area contributed by atoms with Crippen LogP contribution in [0.4, 0.5) is 5.69 Å². The van der Waals surface area contributed by atoms with Crippen LogP contribution in [0.25, 0.3) is 0 Å². The molecular formula is C15H24N2O. The number of amides is 1. The lowest BCUT2D eigenvalue weighted by molar-refractivity contribution is 0.0909. The second-order valence-corrected chi connectivity index (χ2v) is 6.08. The van der Waals surface area contributed by atoms with E-state index in [2.05, 4.69) is 26.1 Å². The van der Waals surface area contributed by atoms with E-state index >= 15 is 0 Å². The third-order valence-corrected chi connectivity index (χ3v) is 3.50. The van der Waals surface area contributed by atoms with Crippen molar-refractivity contribution in [1.29, 1.82) is 0 Å². The Labute approximate surface area is 110 Å². The molecular weight excluding hydrogens is 224 g/mol. The van der Waals surface area contributed by atoms with Gasteiger partial charge < -0.3 is 11.1 Å². The van der Waals surface area contributed by atoms with Gasteiger partial charge in [0, 0.05) is 17.3 Å². The second-order valence-electron chi connectivity index (χ2n) is 6.08. The van der Waals surface area contributed by atoms with Gasteiger partial charge in [0.1, 0.15) is 0 Å². The van der Waals surface area contributed by atoms with E-state index in [9.17, 15) is 4.79 Å². The van der Waals surface area contributed by atoms with Crippen LogP contribution in [0.3, 0.4) is 0 Å².